The number of amides is 1. The van der Waals surface area contributed by atoms with E-state index in [0.29, 0.717) is 13.0 Å². The molecule has 4 aromatic rings. The molecule has 3 aromatic heterocycles. The first-order valence-electron chi connectivity index (χ1n) is 8.34. The van der Waals surface area contributed by atoms with E-state index in [9.17, 15) is 4.79 Å². The maximum absolute atomic E-state index is 12.5. The molecule has 25 heavy (non-hydrogen) atoms. The highest BCUT2D eigenvalue weighted by atomic mass is 16.2. The van der Waals surface area contributed by atoms with Gasteiger partial charge in [0.2, 0.25) is 5.91 Å². The van der Waals surface area contributed by atoms with Gasteiger partial charge in [-0.05, 0) is 31.2 Å². The number of imidazole rings is 2. The average molecular weight is 333 g/mol. The third-order valence-corrected chi connectivity index (χ3v) is 4.37. The first kappa shape index (κ1) is 15.4. The molecule has 1 amide bonds. The van der Waals surface area contributed by atoms with Crippen LogP contribution in [-0.2, 0) is 11.2 Å². The Balaban J connectivity index is 1.40. The molecule has 0 aliphatic heterocycles. The lowest BCUT2D eigenvalue weighted by atomic mass is 10.2. The number of nitrogens with zero attached hydrogens (tertiary/aromatic N) is 4. The van der Waals surface area contributed by atoms with E-state index in [4.69, 9.17) is 0 Å². The van der Waals surface area contributed by atoms with Gasteiger partial charge in [0.15, 0.2) is 0 Å². The third kappa shape index (κ3) is 2.98. The quantitative estimate of drug-likeness (QED) is 0.610. The van der Waals surface area contributed by atoms with E-state index in [1.807, 2.05) is 70.7 Å². The van der Waals surface area contributed by atoms with Crippen molar-refractivity contribution in [1.82, 2.24) is 24.3 Å². The third-order valence-electron chi connectivity index (χ3n) is 4.37. The summed E-state index contributed by atoms with van der Waals surface area (Å²) in [5.74, 6) is -0.0214. The molecule has 6 nitrogen and oxygen atoms in total. The van der Waals surface area contributed by atoms with E-state index in [1.165, 1.54) is 0 Å². The van der Waals surface area contributed by atoms with E-state index < -0.39 is 0 Å². The lowest BCUT2D eigenvalue weighted by Crippen LogP contribution is -2.32. The standard InChI is InChI=1S/C19H19N5O/c1-14(24-13-21-16-6-2-3-7-17(16)24)19(25)20-10-9-15-12-23-11-5-4-8-18(23)22-15/h2-8,11-14H,9-10H2,1H3,(H,20,25)/t14-/m1/s1. The molecular formula is C19H19N5O. The van der Waals surface area contributed by atoms with Crippen molar-refractivity contribution in [1.29, 1.82) is 0 Å². The molecule has 0 fully saturated rings. The average Bonchev–Trinajstić information content (AvgIpc) is 3.24. The van der Waals surface area contributed by atoms with Gasteiger partial charge in [-0.25, -0.2) is 9.97 Å². The second-order valence-corrected chi connectivity index (χ2v) is 6.06. The van der Waals surface area contributed by atoms with Crippen molar-refractivity contribution in [2.45, 2.75) is 19.4 Å². The van der Waals surface area contributed by atoms with Gasteiger partial charge in [0.25, 0.3) is 0 Å². The van der Waals surface area contributed by atoms with Gasteiger partial charge in [-0.15, -0.1) is 0 Å². The maximum Gasteiger partial charge on any atom is 0.242 e. The number of rotatable bonds is 5. The van der Waals surface area contributed by atoms with Crippen molar-refractivity contribution in [2.24, 2.45) is 0 Å². The Morgan fingerprint density at radius 1 is 1.20 bits per heavy atom. The van der Waals surface area contributed by atoms with Crippen LogP contribution in [0.15, 0.2) is 61.2 Å². The van der Waals surface area contributed by atoms with Crippen molar-refractivity contribution in [3.63, 3.8) is 0 Å². The highest BCUT2D eigenvalue weighted by molar-refractivity contribution is 5.83. The van der Waals surface area contributed by atoms with Crippen LogP contribution in [0, 0.1) is 0 Å². The summed E-state index contributed by atoms with van der Waals surface area (Å²) in [6.07, 6.45) is 6.38. The van der Waals surface area contributed by atoms with E-state index in [-0.39, 0.29) is 11.9 Å². The molecule has 6 heteroatoms. The number of carbonyl (C=O) groups is 1. The molecule has 0 saturated carbocycles. The smallest absolute Gasteiger partial charge is 0.242 e. The Labute approximate surface area is 145 Å². The summed E-state index contributed by atoms with van der Waals surface area (Å²) in [7, 11) is 0. The lowest BCUT2D eigenvalue weighted by Gasteiger charge is -2.14. The second kappa shape index (κ2) is 6.39. The fraction of sp³-hybridized carbons (Fsp3) is 0.211. The zero-order valence-corrected chi connectivity index (χ0v) is 14.0. The van der Waals surface area contributed by atoms with Gasteiger partial charge >= 0.3 is 0 Å². The van der Waals surface area contributed by atoms with Gasteiger partial charge in [0.05, 0.1) is 23.1 Å². The van der Waals surface area contributed by atoms with Crippen LogP contribution < -0.4 is 5.32 Å². The van der Waals surface area contributed by atoms with E-state index in [0.717, 1.165) is 22.4 Å². The Bertz CT molecular complexity index is 999. The minimum Gasteiger partial charge on any atom is -0.354 e. The van der Waals surface area contributed by atoms with Gasteiger partial charge < -0.3 is 14.3 Å². The Kier molecular flexibility index (Phi) is 3.93. The lowest BCUT2D eigenvalue weighted by molar-refractivity contribution is -0.123. The number of hydrogen-bond acceptors (Lipinski definition) is 3. The summed E-state index contributed by atoms with van der Waals surface area (Å²) < 4.78 is 3.88. The predicted octanol–water partition coefficient (Wildman–Crippen LogP) is 2.60. The van der Waals surface area contributed by atoms with Crippen LogP contribution in [0.2, 0.25) is 0 Å². The van der Waals surface area contributed by atoms with Crippen molar-refractivity contribution in [3.05, 3.63) is 66.9 Å². The first-order valence-corrected chi connectivity index (χ1v) is 8.34. The van der Waals surface area contributed by atoms with Crippen LogP contribution in [0.1, 0.15) is 18.7 Å². The van der Waals surface area contributed by atoms with Crippen LogP contribution in [0.4, 0.5) is 0 Å². The zero-order valence-electron chi connectivity index (χ0n) is 14.0. The van der Waals surface area contributed by atoms with Crippen molar-refractivity contribution in [2.75, 3.05) is 6.54 Å². The van der Waals surface area contributed by atoms with Crippen LogP contribution >= 0.6 is 0 Å². The molecule has 0 radical (unpaired) electrons. The van der Waals surface area contributed by atoms with Gasteiger partial charge in [-0.1, -0.05) is 18.2 Å². The van der Waals surface area contributed by atoms with E-state index in [1.54, 1.807) is 6.33 Å². The number of para-hydroxylation sites is 2. The summed E-state index contributed by atoms with van der Waals surface area (Å²) in [5.41, 5.74) is 3.74. The summed E-state index contributed by atoms with van der Waals surface area (Å²) in [4.78, 5) is 21.3. The second-order valence-electron chi connectivity index (χ2n) is 6.06. The Morgan fingerprint density at radius 2 is 2.04 bits per heavy atom. The number of hydrogen-bond donors (Lipinski definition) is 1. The van der Waals surface area contributed by atoms with Gasteiger partial charge in [-0.2, -0.15) is 0 Å². The summed E-state index contributed by atoms with van der Waals surface area (Å²) in [5, 5.41) is 2.99. The van der Waals surface area contributed by atoms with Crippen LogP contribution in [-0.4, -0.2) is 31.4 Å². The molecule has 126 valence electrons. The predicted molar refractivity (Wildman–Crippen MR) is 96.3 cm³/mol. The molecule has 4 rings (SSSR count). The molecule has 1 N–H and O–H groups in total. The molecule has 0 unspecified atom stereocenters. The number of pyridine rings is 1. The van der Waals surface area contributed by atoms with Gasteiger partial charge in [0, 0.05) is 25.4 Å². The molecule has 0 bridgehead atoms. The van der Waals surface area contributed by atoms with Crippen molar-refractivity contribution < 1.29 is 4.79 Å². The fourth-order valence-electron chi connectivity index (χ4n) is 2.98. The molecule has 0 spiro atoms. The maximum atomic E-state index is 12.5. The largest absolute Gasteiger partial charge is 0.354 e. The van der Waals surface area contributed by atoms with Crippen molar-refractivity contribution in [3.8, 4) is 0 Å². The van der Waals surface area contributed by atoms with Gasteiger partial charge in [0.1, 0.15) is 11.7 Å². The Hall–Kier alpha value is -3.15. The summed E-state index contributed by atoms with van der Waals surface area (Å²) in [6.45, 7) is 2.44. The number of aromatic nitrogens is 4. The summed E-state index contributed by atoms with van der Waals surface area (Å²) in [6, 6.07) is 13.4. The molecular weight excluding hydrogens is 314 g/mol. The molecule has 1 atom stereocenters. The van der Waals surface area contributed by atoms with Crippen LogP contribution in [0.5, 0.6) is 0 Å². The number of nitrogens with one attached hydrogen (secondary N) is 1. The highest BCUT2D eigenvalue weighted by Crippen LogP contribution is 2.17. The fourth-order valence-corrected chi connectivity index (χ4v) is 2.98. The molecule has 1 aromatic carbocycles. The SMILES string of the molecule is C[C@H](C(=O)NCCc1cn2ccccc2n1)n1cnc2ccccc21. The zero-order chi connectivity index (χ0) is 17.2. The van der Waals surface area contributed by atoms with E-state index in [2.05, 4.69) is 15.3 Å². The van der Waals surface area contributed by atoms with Crippen LogP contribution in [0.25, 0.3) is 16.7 Å². The number of fused-ring (bicyclic) bond motifs is 2. The highest BCUT2D eigenvalue weighted by Gasteiger charge is 2.16. The topological polar surface area (TPSA) is 64.2 Å². The Morgan fingerprint density at radius 3 is 2.92 bits per heavy atom. The molecule has 0 saturated heterocycles. The number of carbonyl (C=O) groups excluding carboxylic acids is 1. The molecule has 0 aliphatic carbocycles. The summed E-state index contributed by atoms with van der Waals surface area (Å²) >= 11 is 0. The minimum atomic E-state index is -0.312. The van der Waals surface area contributed by atoms with Gasteiger partial charge in [-0.3, -0.25) is 4.79 Å². The van der Waals surface area contributed by atoms with E-state index >= 15 is 0 Å². The normalized spacial score (nSPS) is 12.5. The monoisotopic (exact) mass is 333 g/mol. The first-order chi connectivity index (χ1) is 12.2. The molecule has 3 heterocycles. The number of benzene rings is 1. The molecule has 0 aliphatic rings. The van der Waals surface area contributed by atoms with Crippen molar-refractivity contribution >= 4 is 22.6 Å². The van der Waals surface area contributed by atoms with Crippen LogP contribution in [0.3, 0.4) is 0 Å². The minimum absolute atomic E-state index is 0.0214.